The molecule has 2 N–H and O–H groups in total. The van der Waals surface area contributed by atoms with E-state index in [2.05, 4.69) is 5.32 Å². The number of carbonyl (C=O) groups excluding carboxylic acids is 1. The van der Waals surface area contributed by atoms with Gasteiger partial charge in [-0.15, -0.1) is 0 Å². The van der Waals surface area contributed by atoms with E-state index in [1.54, 1.807) is 6.07 Å². The van der Waals surface area contributed by atoms with Crippen LogP contribution in [-0.2, 0) is 4.79 Å². The Balaban J connectivity index is 2.47. The number of carbonyl (C=O) groups is 2. The lowest BCUT2D eigenvalue weighted by molar-refractivity contribution is -0.137. The zero-order valence-electron chi connectivity index (χ0n) is 10.0. The van der Waals surface area contributed by atoms with Gasteiger partial charge in [-0.05, 0) is 18.6 Å². The summed E-state index contributed by atoms with van der Waals surface area (Å²) in [7, 11) is 1.45. The van der Waals surface area contributed by atoms with Gasteiger partial charge in [-0.1, -0.05) is 12.1 Å². The number of urea groups is 1. The Hall–Kier alpha value is -2.11. The number of carboxylic acids is 1. The van der Waals surface area contributed by atoms with Gasteiger partial charge < -0.3 is 10.4 Å². The van der Waals surface area contributed by atoms with Gasteiger partial charge in [0.25, 0.3) is 0 Å². The molecule has 0 atom stereocenters. The van der Waals surface area contributed by atoms with E-state index in [4.69, 9.17) is 5.11 Å². The molecule has 18 heavy (non-hydrogen) atoms. The highest BCUT2D eigenvalue weighted by atomic mass is 19.1. The van der Waals surface area contributed by atoms with Crippen LogP contribution in [-0.4, -0.2) is 30.7 Å². The smallest absolute Gasteiger partial charge is 0.321 e. The van der Waals surface area contributed by atoms with Crippen molar-refractivity contribution in [3.8, 4) is 0 Å². The normalized spacial score (nSPS) is 9.89. The standard InChI is InChI=1S/C12H15FN2O3/c1-15(10-6-3-2-5-9(10)13)12(18)14-8-4-7-11(16)17/h2-3,5-6H,4,7-8H2,1H3,(H,14,18)(H,16,17). The number of benzene rings is 1. The fraction of sp³-hybridized carbons (Fsp3) is 0.333. The van der Waals surface area contributed by atoms with E-state index in [0.29, 0.717) is 6.42 Å². The van der Waals surface area contributed by atoms with Crippen LogP contribution in [0.4, 0.5) is 14.9 Å². The summed E-state index contributed by atoms with van der Waals surface area (Å²) in [5.41, 5.74) is 0.174. The number of carboxylic acid groups (broad SMARTS) is 1. The number of nitrogens with zero attached hydrogens (tertiary/aromatic N) is 1. The van der Waals surface area contributed by atoms with Crippen LogP contribution in [0.2, 0.25) is 0 Å². The second kappa shape index (κ2) is 6.58. The van der Waals surface area contributed by atoms with Crippen molar-refractivity contribution >= 4 is 17.7 Å². The van der Waals surface area contributed by atoms with Gasteiger partial charge >= 0.3 is 12.0 Å². The number of amides is 2. The van der Waals surface area contributed by atoms with Crippen LogP contribution in [0.15, 0.2) is 24.3 Å². The topological polar surface area (TPSA) is 69.6 Å². The molecule has 0 heterocycles. The zero-order chi connectivity index (χ0) is 13.5. The van der Waals surface area contributed by atoms with Crippen LogP contribution in [0.1, 0.15) is 12.8 Å². The maximum atomic E-state index is 13.4. The van der Waals surface area contributed by atoms with Crippen molar-refractivity contribution in [2.45, 2.75) is 12.8 Å². The Morgan fingerprint density at radius 3 is 2.67 bits per heavy atom. The molecule has 0 radical (unpaired) electrons. The van der Waals surface area contributed by atoms with Crippen LogP contribution < -0.4 is 10.2 Å². The fourth-order valence-electron chi connectivity index (χ4n) is 1.39. The average Bonchev–Trinajstić information content (AvgIpc) is 2.34. The van der Waals surface area contributed by atoms with Crippen LogP contribution in [0.5, 0.6) is 0 Å². The molecule has 6 heteroatoms. The number of rotatable bonds is 5. The Labute approximate surface area is 104 Å². The van der Waals surface area contributed by atoms with Crippen LogP contribution in [0.25, 0.3) is 0 Å². The second-order valence-electron chi connectivity index (χ2n) is 3.74. The molecule has 0 aromatic heterocycles. The molecule has 1 aromatic carbocycles. The summed E-state index contributed by atoms with van der Waals surface area (Å²) in [5.74, 6) is -1.40. The van der Waals surface area contributed by atoms with Crippen molar-refractivity contribution in [3.63, 3.8) is 0 Å². The molecule has 0 fully saturated rings. The lowest BCUT2D eigenvalue weighted by Gasteiger charge is -2.18. The van der Waals surface area contributed by atoms with Crippen molar-refractivity contribution in [3.05, 3.63) is 30.1 Å². The summed E-state index contributed by atoms with van der Waals surface area (Å²) in [6.07, 6.45) is 0.329. The summed E-state index contributed by atoms with van der Waals surface area (Å²) < 4.78 is 13.4. The van der Waals surface area contributed by atoms with E-state index in [1.165, 1.54) is 25.2 Å². The molecule has 0 spiro atoms. The molecule has 0 saturated heterocycles. The minimum atomic E-state index is -0.910. The Morgan fingerprint density at radius 2 is 2.06 bits per heavy atom. The summed E-state index contributed by atoms with van der Waals surface area (Å²) in [6.45, 7) is 0.240. The first-order chi connectivity index (χ1) is 8.52. The molecule has 0 aliphatic carbocycles. The highest BCUT2D eigenvalue weighted by Gasteiger charge is 2.13. The lowest BCUT2D eigenvalue weighted by Crippen LogP contribution is -2.38. The third-order valence-corrected chi connectivity index (χ3v) is 2.36. The van der Waals surface area contributed by atoms with Crippen molar-refractivity contribution < 1.29 is 19.1 Å². The first-order valence-corrected chi connectivity index (χ1v) is 5.50. The van der Waals surface area contributed by atoms with Gasteiger partial charge in [-0.25, -0.2) is 9.18 Å². The molecular formula is C12H15FN2O3. The van der Waals surface area contributed by atoms with E-state index in [9.17, 15) is 14.0 Å². The van der Waals surface area contributed by atoms with E-state index >= 15 is 0 Å². The third kappa shape index (κ3) is 4.04. The first kappa shape index (κ1) is 14.0. The number of hydrogen-bond acceptors (Lipinski definition) is 2. The lowest BCUT2D eigenvalue weighted by atomic mass is 10.3. The summed E-state index contributed by atoms with van der Waals surface area (Å²) in [5, 5.41) is 11.0. The number of aliphatic carboxylic acids is 1. The molecule has 98 valence electrons. The molecule has 5 nitrogen and oxygen atoms in total. The molecule has 2 amide bonds. The van der Waals surface area contributed by atoms with Crippen LogP contribution in [0, 0.1) is 5.82 Å². The molecule has 0 aliphatic rings. The number of halogens is 1. The molecule has 0 aliphatic heterocycles. The van der Waals surface area contributed by atoms with Gasteiger partial charge in [0.1, 0.15) is 5.82 Å². The van der Waals surface area contributed by atoms with Gasteiger partial charge in [0.2, 0.25) is 0 Å². The highest BCUT2D eigenvalue weighted by Crippen LogP contribution is 2.16. The molecule has 1 rings (SSSR count). The van der Waals surface area contributed by atoms with E-state index < -0.39 is 17.8 Å². The van der Waals surface area contributed by atoms with E-state index in [0.717, 1.165) is 4.90 Å². The van der Waals surface area contributed by atoms with Gasteiger partial charge in [-0.3, -0.25) is 9.69 Å². The maximum Gasteiger partial charge on any atom is 0.321 e. The number of hydrogen-bond donors (Lipinski definition) is 2. The minimum absolute atomic E-state index is 0.0102. The summed E-state index contributed by atoms with van der Waals surface area (Å²) in [4.78, 5) is 23.1. The van der Waals surface area contributed by atoms with Crippen LogP contribution in [0.3, 0.4) is 0 Å². The quantitative estimate of drug-likeness (QED) is 0.788. The molecule has 1 aromatic rings. The third-order valence-electron chi connectivity index (χ3n) is 2.36. The highest BCUT2D eigenvalue weighted by molar-refractivity contribution is 5.91. The van der Waals surface area contributed by atoms with Gasteiger partial charge in [-0.2, -0.15) is 0 Å². The summed E-state index contributed by atoms with van der Waals surface area (Å²) in [6, 6.07) is 5.46. The Morgan fingerprint density at radius 1 is 1.39 bits per heavy atom. The predicted octanol–water partition coefficient (Wildman–Crippen LogP) is 1.84. The van der Waals surface area contributed by atoms with Crippen molar-refractivity contribution in [2.24, 2.45) is 0 Å². The van der Waals surface area contributed by atoms with Gasteiger partial charge in [0.15, 0.2) is 0 Å². The number of anilines is 1. The van der Waals surface area contributed by atoms with E-state index in [-0.39, 0.29) is 18.7 Å². The molecule has 0 bridgehead atoms. The number of para-hydroxylation sites is 1. The average molecular weight is 254 g/mol. The SMILES string of the molecule is CN(C(=O)NCCCC(=O)O)c1ccccc1F. The fourth-order valence-corrected chi connectivity index (χ4v) is 1.39. The Bertz CT molecular complexity index is 437. The van der Waals surface area contributed by atoms with Gasteiger partial charge in [0, 0.05) is 20.0 Å². The maximum absolute atomic E-state index is 13.4. The largest absolute Gasteiger partial charge is 0.481 e. The summed E-state index contributed by atoms with van der Waals surface area (Å²) >= 11 is 0. The van der Waals surface area contributed by atoms with Crippen molar-refractivity contribution in [2.75, 3.05) is 18.5 Å². The van der Waals surface area contributed by atoms with Crippen molar-refractivity contribution in [1.29, 1.82) is 0 Å². The minimum Gasteiger partial charge on any atom is -0.481 e. The van der Waals surface area contributed by atoms with Crippen LogP contribution >= 0.6 is 0 Å². The molecule has 0 saturated carbocycles. The monoisotopic (exact) mass is 254 g/mol. The Kier molecular flexibility index (Phi) is 5.10. The predicted molar refractivity (Wildman–Crippen MR) is 65.1 cm³/mol. The second-order valence-corrected chi connectivity index (χ2v) is 3.74. The molecular weight excluding hydrogens is 239 g/mol. The first-order valence-electron chi connectivity index (χ1n) is 5.50. The van der Waals surface area contributed by atoms with Crippen molar-refractivity contribution in [1.82, 2.24) is 5.32 Å². The van der Waals surface area contributed by atoms with Gasteiger partial charge in [0.05, 0.1) is 5.69 Å². The molecule has 0 unspecified atom stereocenters. The zero-order valence-corrected chi connectivity index (χ0v) is 10.0. The number of nitrogens with one attached hydrogen (secondary N) is 1. The van der Waals surface area contributed by atoms with E-state index in [1.807, 2.05) is 0 Å².